The highest BCUT2D eigenvalue weighted by Gasteiger charge is 2.23. The van der Waals surface area contributed by atoms with E-state index in [4.69, 9.17) is 9.57 Å². The van der Waals surface area contributed by atoms with Crippen LogP contribution >= 0.6 is 23.9 Å². The number of hydrogen-bond donors (Lipinski definition) is 0. The fourth-order valence-electron chi connectivity index (χ4n) is 0.775. The highest BCUT2D eigenvalue weighted by atomic mass is 32.2. The minimum Gasteiger partial charge on any atom is -0.443 e. The summed E-state index contributed by atoms with van der Waals surface area (Å²) in [5.74, 6) is 0. The molecule has 0 atom stereocenters. The molecule has 0 aliphatic carbocycles. The molecule has 7 nitrogen and oxygen atoms in total. The third kappa shape index (κ3) is 8.16. The van der Waals surface area contributed by atoms with Crippen LogP contribution in [0, 0.1) is 0 Å². The van der Waals surface area contributed by atoms with Gasteiger partial charge in [0.1, 0.15) is 10.6 Å². The van der Waals surface area contributed by atoms with Crippen LogP contribution in [0.1, 0.15) is 27.7 Å². The Bertz CT molecular complexity index is 382. The minimum absolute atomic E-state index is 0.550. The normalized spacial score (nSPS) is 11.8. The first-order valence-corrected chi connectivity index (χ1v) is 7.70. The summed E-state index contributed by atoms with van der Waals surface area (Å²) in [7, 11) is 2.97. The molecule has 9 heteroatoms. The van der Waals surface area contributed by atoms with Gasteiger partial charge in [-0.05, 0) is 34.0 Å². The Morgan fingerprint density at radius 3 is 2.05 bits per heavy atom. The average molecular weight is 323 g/mol. The Morgan fingerprint density at radius 2 is 1.60 bits per heavy atom. The van der Waals surface area contributed by atoms with Crippen molar-refractivity contribution in [2.24, 2.45) is 5.16 Å². The molecule has 0 heterocycles. The van der Waals surface area contributed by atoms with Crippen molar-refractivity contribution in [1.82, 2.24) is 8.61 Å². The zero-order chi connectivity index (χ0) is 15.9. The fourth-order valence-corrected chi connectivity index (χ4v) is 1.46. The lowest BCUT2D eigenvalue weighted by Gasteiger charge is -2.25. The fraction of sp³-hybridized carbons (Fsp3) is 0.727. The zero-order valence-electron chi connectivity index (χ0n) is 12.8. The maximum atomic E-state index is 11.7. The zero-order valence-corrected chi connectivity index (χ0v) is 14.4. The molecule has 20 heavy (non-hydrogen) atoms. The van der Waals surface area contributed by atoms with Crippen molar-refractivity contribution < 1.29 is 19.2 Å². The van der Waals surface area contributed by atoms with E-state index in [-0.39, 0.29) is 0 Å². The van der Waals surface area contributed by atoms with E-state index in [2.05, 4.69) is 5.16 Å². The van der Waals surface area contributed by atoms with Crippen LogP contribution in [0.25, 0.3) is 0 Å². The molecule has 0 aliphatic heterocycles. The highest BCUT2D eigenvalue weighted by Crippen LogP contribution is 2.18. The van der Waals surface area contributed by atoms with E-state index < -0.39 is 17.8 Å². The number of amides is 2. The molecule has 0 fully saturated rings. The second-order valence-corrected chi connectivity index (χ2v) is 6.99. The quantitative estimate of drug-likeness (QED) is 0.261. The lowest BCUT2D eigenvalue weighted by atomic mass is 10.2. The predicted molar refractivity (Wildman–Crippen MR) is 82.5 cm³/mol. The standard InChI is InChI=1S/C11H21N3O4S2/c1-8(19-7)12-18-10(16)14(6)20-13(5)9(15)17-11(2,3)4/h1-7H3. The van der Waals surface area contributed by atoms with Gasteiger partial charge in [0.25, 0.3) is 0 Å². The summed E-state index contributed by atoms with van der Waals surface area (Å²) in [6, 6.07) is 0. The van der Waals surface area contributed by atoms with Crippen LogP contribution in [-0.4, -0.2) is 51.8 Å². The van der Waals surface area contributed by atoms with Crippen molar-refractivity contribution in [3.05, 3.63) is 0 Å². The molecule has 0 N–H and O–H groups in total. The van der Waals surface area contributed by atoms with Gasteiger partial charge in [-0.15, -0.1) is 11.8 Å². The lowest BCUT2D eigenvalue weighted by molar-refractivity contribution is 0.0429. The van der Waals surface area contributed by atoms with Gasteiger partial charge in [0.05, 0.1) is 12.1 Å². The summed E-state index contributed by atoms with van der Waals surface area (Å²) in [5, 5.41) is 4.24. The van der Waals surface area contributed by atoms with E-state index in [1.807, 2.05) is 6.26 Å². The van der Waals surface area contributed by atoms with Crippen LogP contribution in [0.5, 0.6) is 0 Å². The van der Waals surface area contributed by atoms with Gasteiger partial charge >= 0.3 is 12.2 Å². The lowest BCUT2D eigenvalue weighted by Crippen LogP contribution is -2.33. The topological polar surface area (TPSA) is 71.4 Å². The van der Waals surface area contributed by atoms with E-state index >= 15 is 0 Å². The molecule has 0 radical (unpaired) electrons. The summed E-state index contributed by atoms with van der Waals surface area (Å²) < 4.78 is 7.48. The molecule has 0 aromatic carbocycles. The summed E-state index contributed by atoms with van der Waals surface area (Å²) in [4.78, 5) is 28.0. The number of ether oxygens (including phenoxy) is 1. The Kier molecular flexibility index (Phi) is 7.80. The maximum absolute atomic E-state index is 11.7. The molecule has 0 saturated carbocycles. The van der Waals surface area contributed by atoms with E-state index in [0.717, 1.165) is 16.4 Å². The van der Waals surface area contributed by atoms with Crippen molar-refractivity contribution in [2.75, 3.05) is 20.4 Å². The van der Waals surface area contributed by atoms with E-state index in [0.29, 0.717) is 5.04 Å². The summed E-state index contributed by atoms with van der Waals surface area (Å²) in [6.45, 7) is 7.02. The number of carbonyl (C=O) groups is 2. The summed E-state index contributed by atoms with van der Waals surface area (Å²) in [6.07, 6.45) is 0.589. The van der Waals surface area contributed by atoms with Crippen LogP contribution in [0.2, 0.25) is 0 Å². The second-order valence-electron chi connectivity index (χ2n) is 4.73. The third-order valence-electron chi connectivity index (χ3n) is 1.70. The molecule has 0 rings (SSSR count). The predicted octanol–water partition coefficient (Wildman–Crippen LogP) is 3.18. The molecule has 0 bridgehead atoms. The Hall–Kier alpha value is -1.09. The molecule has 116 valence electrons. The number of oxime groups is 1. The summed E-state index contributed by atoms with van der Waals surface area (Å²) in [5.41, 5.74) is -0.593. The Morgan fingerprint density at radius 1 is 1.10 bits per heavy atom. The summed E-state index contributed by atoms with van der Waals surface area (Å²) >= 11 is 2.22. The molecule has 0 unspecified atom stereocenters. The van der Waals surface area contributed by atoms with Crippen molar-refractivity contribution in [1.29, 1.82) is 0 Å². The van der Waals surface area contributed by atoms with Gasteiger partial charge in [-0.2, -0.15) is 0 Å². The van der Waals surface area contributed by atoms with Crippen LogP contribution in [-0.2, 0) is 9.57 Å². The molecule has 2 amide bonds. The first-order valence-electron chi connectivity index (χ1n) is 5.75. The van der Waals surface area contributed by atoms with Crippen molar-refractivity contribution in [3.8, 4) is 0 Å². The molecular formula is C11H21N3O4S2. The molecule has 0 aromatic rings. The molecule has 0 saturated heterocycles. The monoisotopic (exact) mass is 323 g/mol. The first kappa shape index (κ1) is 18.9. The minimum atomic E-state index is -0.682. The maximum Gasteiger partial charge on any atom is 0.447 e. The van der Waals surface area contributed by atoms with Crippen LogP contribution in [0.4, 0.5) is 9.59 Å². The van der Waals surface area contributed by atoms with Gasteiger partial charge in [-0.25, -0.2) is 18.2 Å². The molecule has 0 aliphatic rings. The Labute approximate surface area is 128 Å². The van der Waals surface area contributed by atoms with Gasteiger partial charge < -0.3 is 4.74 Å². The molecule has 0 spiro atoms. The van der Waals surface area contributed by atoms with Crippen molar-refractivity contribution >= 4 is 41.1 Å². The van der Waals surface area contributed by atoms with Crippen LogP contribution < -0.4 is 0 Å². The van der Waals surface area contributed by atoms with E-state index in [1.54, 1.807) is 27.7 Å². The van der Waals surface area contributed by atoms with Gasteiger partial charge in [0, 0.05) is 14.1 Å². The highest BCUT2D eigenvalue weighted by molar-refractivity contribution is 8.13. The van der Waals surface area contributed by atoms with Gasteiger partial charge in [0.2, 0.25) is 0 Å². The number of carbonyl (C=O) groups excluding carboxylic acids is 2. The van der Waals surface area contributed by atoms with Gasteiger partial charge in [-0.1, -0.05) is 5.16 Å². The average Bonchev–Trinajstić information content (AvgIpc) is 2.32. The molecule has 0 aromatic heterocycles. The van der Waals surface area contributed by atoms with E-state index in [1.165, 1.54) is 30.2 Å². The van der Waals surface area contributed by atoms with Crippen LogP contribution in [0.15, 0.2) is 5.16 Å². The largest absolute Gasteiger partial charge is 0.447 e. The number of hydrogen-bond acceptors (Lipinski definition) is 7. The Balaban J connectivity index is 4.35. The third-order valence-corrected chi connectivity index (χ3v) is 3.15. The number of nitrogens with zero attached hydrogens (tertiary/aromatic N) is 3. The number of thioether (sulfide) groups is 1. The van der Waals surface area contributed by atoms with Gasteiger partial charge in [0.15, 0.2) is 0 Å². The SMILES string of the molecule is CSC(C)=NOC(=O)N(C)SN(C)C(=O)OC(C)(C)C. The molecular weight excluding hydrogens is 302 g/mol. The van der Waals surface area contributed by atoms with Crippen LogP contribution in [0.3, 0.4) is 0 Å². The first-order chi connectivity index (χ1) is 9.06. The van der Waals surface area contributed by atoms with Crippen molar-refractivity contribution in [3.63, 3.8) is 0 Å². The van der Waals surface area contributed by atoms with Gasteiger partial charge in [-0.3, -0.25) is 4.84 Å². The number of rotatable bonds is 3. The smallest absolute Gasteiger partial charge is 0.443 e. The van der Waals surface area contributed by atoms with E-state index in [9.17, 15) is 9.59 Å². The van der Waals surface area contributed by atoms with Crippen molar-refractivity contribution in [2.45, 2.75) is 33.3 Å². The second kappa shape index (κ2) is 8.25.